The van der Waals surface area contributed by atoms with E-state index in [-0.39, 0.29) is 0 Å². The Labute approximate surface area is 388 Å². The number of fused-ring (bicyclic) bond motifs is 7. The highest BCUT2D eigenvalue weighted by atomic mass is 16.3. The zero-order valence-corrected chi connectivity index (χ0v) is 36.6. The molecule has 0 atom stereocenters. The van der Waals surface area contributed by atoms with E-state index in [4.69, 9.17) is 4.42 Å². The molecule has 3 heteroatoms. The smallest absolute Gasteiger partial charge is 0.143 e. The van der Waals surface area contributed by atoms with Crippen LogP contribution in [0.3, 0.4) is 0 Å². The van der Waals surface area contributed by atoms with Crippen molar-refractivity contribution in [3.05, 3.63) is 255 Å². The fourth-order valence-electron chi connectivity index (χ4n) is 10.3. The lowest BCUT2D eigenvalue weighted by atomic mass is 9.95. The van der Waals surface area contributed by atoms with E-state index >= 15 is 0 Å². The molecular weight excluding hydrogens is 813 g/mol. The second-order valence-electron chi connectivity index (χ2n) is 17.2. The zero-order chi connectivity index (χ0) is 44.3. The van der Waals surface area contributed by atoms with Crippen LogP contribution < -0.4 is 4.90 Å². The van der Waals surface area contributed by atoms with Gasteiger partial charge in [0, 0.05) is 49.6 Å². The standard InChI is InChI=1S/C64H42N2O/c1-2-23-50-44(17-1)18-15-30-53(50)54-25-4-9-33-60(54)65(49-22-14-21-47(42-49)52-29-16-31-58-57-28-7-12-36-63(57)67-64(52)58)48-39-37-43(38-40-48)45-19-13-20-46(41-45)51-24-3-8-32-59(51)66-61-34-10-5-26-55(61)56-27-6-11-35-62(56)66/h1-42H. The minimum atomic E-state index is 0.893. The van der Waals surface area contributed by atoms with Crippen LogP contribution in [0.15, 0.2) is 259 Å². The van der Waals surface area contributed by atoms with Crippen LogP contribution in [-0.4, -0.2) is 4.57 Å². The molecule has 13 aromatic rings. The number of para-hydroxylation sites is 6. The number of hydrogen-bond acceptors (Lipinski definition) is 2. The predicted molar refractivity (Wildman–Crippen MR) is 282 cm³/mol. The number of hydrogen-bond donors (Lipinski definition) is 0. The van der Waals surface area contributed by atoms with Crippen LogP contribution in [0.2, 0.25) is 0 Å². The Hall–Kier alpha value is -8.92. The van der Waals surface area contributed by atoms with Gasteiger partial charge in [0.25, 0.3) is 0 Å². The third kappa shape index (κ3) is 6.51. The van der Waals surface area contributed by atoms with Gasteiger partial charge in [-0.2, -0.15) is 0 Å². The lowest BCUT2D eigenvalue weighted by Crippen LogP contribution is -2.11. The van der Waals surface area contributed by atoms with E-state index in [0.29, 0.717) is 0 Å². The van der Waals surface area contributed by atoms with Gasteiger partial charge in [-0.15, -0.1) is 0 Å². The Morgan fingerprint density at radius 2 is 0.866 bits per heavy atom. The molecule has 0 saturated carbocycles. The molecule has 0 aliphatic carbocycles. The average molecular weight is 855 g/mol. The molecule has 2 aromatic heterocycles. The van der Waals surface area contributed by atoms with Crippen molar-refractivity contribution in [2.45, 2.75) is 0 Å². The fraction of sp³-hybridized carbons (Fsp3) is 0. The number of anilines is 3. The number of furan rings is 1. The first-order valence-electron chi connectivity index (χ1n) is 22.9. The lowest BCUT2D eigenvalue weighted by Gasteiger charge is -2.29. The van der Waals surface area contributed by atoms with Crippen LogP contribution in [0.1, 0.15) is 0 Å². The molecule has 0 aliphatic heterocycles. The minimum Gasteiger partial charge on any atom is -0.455 e. The molecule has 0 N–H and O–H groups in total. The van der Waals surface area contributed by atoms with Gasteiger partial charge in [-0.05, 0) is 99.3 Å². The molecule has 0 fully saturated rings. The quantitative estimate of drug-likeness (QED) is 0.152. The first-order chi connectivity index (χ1) is 33.2. The lowest BCUT2D eigenvalue weighted by molar-refractivity contribution is 0.670. The summed E-state index contributed by atoms with van der Waals surface area (Å²) in [5.41, 5.74) is 17.7. The van der Waals surface area contributed by atoms with Crippen molar-refractivity contribution in [1.29, 1.82) is 0 Å². The van der Waals surface area contributed by atoms with E-state index < -0.39 is 0 Å². The summed E-state index contributed by atoms with van der Waals surface area (Å²) in [5, 5.41) is 7.19. The highest BCUT2D eigenvalue weighted by Crippen LogP contribution is 2.45. The Morgan fingerprint density at radius 3 is 1.69 bits per heavy atom. The highest BCUT2D eigenvalue weighted by Gasteiger charge is 2.21. The van der Waals surface area contributed by atoms with Crippen molar-refractivity contribution in [2.24, 2.45) is 0 Å². The summed E-state index contributed by atoms with van der Waals surface area (Å²) in [6.45, 7) is 0. The molecule has 0 unspecified atom stereocenters. The Balaban J connectivity index is 0.936. The SMILES string of the molecule is c1cc(-c2ccc(N(c3cccc(-c4cccc5c4oc4ccccc45)c3)c3ccccc3-c3cccc4ccccc34)cc2)cc(-c2ccccc2-n2c3ccccc3c3ccccc32)c1. The molecule has 0 amide bonds. The van der Waals surface area contributed by atoms with Crippen LogP contribution in [-0.2, 0) is 0 Å². The van der Waals surface area contributed by atoms with Gasteiger partial charge in [0.15, 0.2) is 0 Å². The Bertz CT molecular complexity index is 3950. The number of rotatable bonds is 8. The molecule has 3 nitrogen and oxygen atoms in total. The zero-order valence-electron chi connectivity index (χ0n) is 36.6. The third-order valence-electron chi connectivity index (χ3n) is 13.4. The van der Waals surface area contributed by atoms with Gasteiger partial charge in [0.1, 0.15) is 11.2 Å². The van der Waals surface area contributed by atoms with Gasteiger partial charge in [0.05, 0.1) is 22.4 Å². The van der Waals surface area contributed by atoms with Gasteiger partial charge in [0.2, 0.25) is 0 Å². The van der Waals surface area contributed by atoms with Crippen LogP contribution >= 0.6 is 0 Å². The van der Waals surface area contributed by atoms with Crippen molar-refractivity contribution in [3.63, 3.8) is 0 Å². The second-order valence-corrected chi connectivity index (χ2v) is 17.2. The van der Waals surface area contributed by atoms with E-state index in [0.717, 1.165) is 72.5 Å². The molecule has 11 aromatic carbocycles. The van der Waals surface area contributed by atoms with Gasteiger partial charge in [-0.3, -0.25) is 0 Å². The Kier molecular flexibility index (Phi) is 9.17. The molecular formula is C64H42N2O. The monoisotopic (exact) mass is 854 g/mol. The van der Waals surface area contributed by atoms with E-state index in [1.54, 1.807) is 0 Å². The van der Waals surface area contributed by atoms with Gasteiger partial charge >= 0.3 is 0 Å². The maximum Gasteiger partial charge on any atom is 0.143 e. The van der Waals surface area contributed by atoms with Gasteiger partial charge in [-0.1, -0.05) is 194 Å². The van der Waals surface area contributed by atoms with Crippen LogP contribution in [0, 0.1) is 0 Å². The van der Waals surface area contributed by atoms with E-state index in [2.05, 4.69) is 252 Å². The first-order valence-corrected chi connectivity index (χ1v) is 22.9. The predicted octanol–water partition coefficient (Wildman–Crippen LogP) is 18.0. The van der Waals surface area contributed by atoms with E-state index in [9.17, 15) is 0 Å². The molecule has 13 rings (SSSR count). The second kappa shape index (κ2) is 16.0. The first kappa shape index (κ1) is 38.5. The molecule has 0 spiro atoms. The van der Waals surface area contributed by atoms with Gasteiger partial charge in [-0.25, -0.2) is 0 Å². The summed E-state index contributed by atoms with van der Waals surface area (Å²) < 4.78 is 8.98. The topological polar surface area (TPSA) is 21.3 Å². The van der Waals surface area contributed by atoms with Crippen molar-refractivity contribution in [2.75, 3.05) is 4.90 Å². The summed E-state index contributed by atoms with van der Waals surface area (Å²) in [5.74, 6) is 0. The summed E-state index contributed by atoms with van der Waals surface area (Å²) in [6.07, 6.45) is 0. The number of nitrogens with zero attached hydrogens (tertiary/aromatic N) is 2. The summed E-state index contributed by atoms with van der Waals surface area (Å²) in [6, 6.07) is 91.9. The normalized spacial score (nSPS) is 11.6. The number of aromatic nitrogens is 1. The van der Waals surface area contributed by atoms with Crippen molar-refractivity contribution < 1.29 is 4.42 Å². The summed E-state index contributed by atoms with van der Waals surface area (Å²) in [7, 11) is 0. The molecule has 2 heterocycles. The van der Waals surface area contributed by atoms with E-state index in [1.165, 1.54) is 49.3 Å². The molecule has 314 valence electrons. The van der Waals surface area contributed by atoms with Crippen LogP contribution in [0.5, 0.6) is 0 Å². The summed E-state index contributed by atoms with van der Waals surface area (Å²) in [4.78, 5) is 2.40. The molecule has 0 saturated heterocycles. The maximum absolute atomic E-state index is 6.56. The molecule has 0 aliphatic rings. The summed E-state index contributed by atoms with van der Waals surface area (Å²) >= 11 is 0. The minimum absolute atomic E-state index is 0.893. The fourth-order valence-corrected chi connectivity index (χ4v) is 10.3. The maximum atomic E-state index is 6.56. The Morgan fingerprint density at radius 1 is 0.313 bits per heavy atom. The highest BCUT2D eigenvalue weighted by molar-refractivity contribution is 6.11. The molecule has 0 radical (unpaired) electrons. The van der Waals surface area contributed by atoms with Crippen molar-refractivity contribution in [1.82, 2.24) is 4.57 Å². The molecule has 67 heavy (non-hydrogen) atoms. The third-order valence-corrected chi connectivity index (χ3v) is 13.4. The van der Waals surface area contributed by atoms with Crippen LogP contribution in [0.4, 0.5) is 17.1 Å². The largest absolute Gasteiger partial charge is 0.455 e. The average Bonchev–Trinajstić information content (AvgIpc) is 3.95. The van der Waals surface area contributed by atoms with Gasteiger partial charge < -0.3 is 13.9 Å². The van der Waals surface area contributed by atoms with E-state index in [1.807, 2.05) is 12.1 Å². The van der Waals surface area contributed by atoms with Crippen molar-refractivity contribution in [3.8, 4) is 50.2 Å². The number of benzene rings is 11. The van der Waals surface area contributed by atoms with Crippen LogP contribution in [0.25, 0.3) is 105 Å². The van der Waals surface area contributed by atoms with Crippen molar-refractivity contribution >= 4 is 71.6 Å². The molecule has 0 bridgehead atoms.